The van der Waals surface area contributed by atoms with Gasteiger partial charge in [0.05, 0.1) is 10.6 Å². The topological polar surface area (TPSA) is 66.5 Å². The van der Waals surface area contributed by atoms with Gasteiger partial charge < -0.3 is 5.32 Å². The van der Waals surface area contributed by atoms with Crippen molar-refractivity contribution in [1.29, 1.82) is 0 Å². The molecule has 0 aliphatic heterocycles. The van der Waals surface area contributed by atoms with Crippen molar-refractivity contribution < 1.29 is 13.2 Å². The number of benzene rings is 2. The molecule has 1 aliphatic rings. The number of hydrogen-bond acceptors (Lipinski definition) is 3. The maximum atomic E-state index is 13.2. The zero-order chi connectivity index (χ0) is 20.7. The second-order valence-corrected chi connectivity index (χ2v) is 10.1. The lowest BCUT2D eigenvalue weighted by Gasteiger charge is -2.24. The van der Waals surface area contributed by atoms with E-state index in [4.69, 9.17) is 0 Å². The van der Waals surface area contributed by atoms with E-state index in [2.05, 4.69) is 34.0 Å². The van der Waals surface area contributed by atoms with E-state index in [1.54, 1.807) is 42.5 Å². The Balaban J connectivity index is 1.74. The van der Waals surface area contributed by atoms with Crippen LogP contribution in [-0.2, 0) is 14.8 Å². The molecule has 0 bridgehead atoms. The number of rotatable bonds is 8. The second kappa shape index (κ2) is 10.2. The first-order chi connectivity index (χ1) is 14.0. The Hall–Kier alpha value is -1.87. The van der Waals surface area contributed by atoms with E-state index in [0.717, 1.165) is 22.8 Å². The minimum Gasteiger partial charge on any atom is -0.354 e. The molecular weight excluding hydrogens is 499 g/mol. The molecule has 1 aliphatic carbocycles. The molecule has 0 heterocycles. The zero-order valence-corrected chi connectivity index (χ0v) is 19.2. The van der Waals surface area contributed by atoms with Gasteiger partial charge in [-0.15, -0.1) is 0 Å². The summed E-state index contributed by atoms with van der Waals surface area (Å²) in [5.74, 6) is -0.306. The summed E-state index contributed by atoms with van der Waals surface area (Å²) in [6, 6.07) is 15.3. The van der Waals surface area contributed by atoms with Crippen LogP contribution >= 0.6 is 22.6 Å². The standard InChI is InChI=1S/C22H25IN2O3S/c23-19-11-13-20(14-12-19)25(29(27,28)21-9-5-2-6-10-21)17-22(26)24-16-15-18-7-3-1-4-8-18/h2,5-7,9-14H,1,3-4,8,15-17H2,(H,24,26). The molecule has 7 heteroatoms. The lowest BCUT2D eigenvalue weighted by atomic mass is 9.97. The summed E-state index contributed by atoms with van der Waals surface area (Å²) in [7, 11) is -3.85. The summed E-state index contributed by atoms with van der Waals surface area (Å²) in [5, 5.41) is 2.88. The Bertz CT molecular complexity index is 957. The third-order valence-electron chi connectivity index (χ3n) is 4.89. The highest BCUT2D eigenvalue weighted by Gasteiger charge is 2.27. The molecule has 0 fully saturated rings. The number of nitrogens with one attached hydrogen (secondary N) is 1. The minimum absolute atomic E-state index is 0.165. The molecule has 0 saturated carbocycles. The van der Waals surface area contributed by atoms with Gasteiger partial charge in [0.1, 0.15) is 6.54 Å². The molecule has 154 valence electrons. The monoisotopic (exact) mass is 524 g/mol. The van der Waals surface area contributed by atoms with Crippen LogP contribution in [0.25, 0.3) is 0 Å². The fraction of sp³-hybridized carbons (Fsp3) is 0.318. The minimum atomic E-state index is -3.85. The number of carbonyl (C=O) groups is 1. The highest BCUT2D eigenvalue weighted by atomic mass is 127. The number of nitrogens with zero attached hydrogens (tertiary/aromatic N) is 1. The van der Waals surface area contributed by atoms with Gasteiger partial charge in [0.2, 0.25) is 5.91 Å². The molecule has 3 rings (SSSR count). The van der Waals surface area contributed by atoms with E-state index < -0.39 is 10.0 Å². The van der Waals surface area contributed by atoms with Crippen molar-refractivity contribution in [1.82, 2.24) is 5.32 Å². The average molecular weight is 524 g/mol. The Morgan fingerprint density at radius 1 is 1.03 bits per heavy atom. The fourth-order valence-corrected chi connectivity index (χ4v) is 5.12. The molecule has 0 aromatic heterocycles. The van der Waals surface area contributed by atoms with Gasteiger partial charge in [0.15, 0.2) is 0 Å². The van der Waals surface area contributed by atoms with Crippen LogP contribution in [0.2, 0.25) is 0 Å². The molecule has 0 spiro atoms. The number of anilines is 1. The van der Waals surface area contributed by atoms with Gasteiger partial charge in [0, 0.05) is 10.1 Å². The third kappa shape index (κ3) is 6.05. The number of sulfonamides is 1. The summed E-state index contributed by atoms with van der Waals surface area (Å²) in [6.07, 6.45) is 7.72. The summed E-state index contributed by atoms with van der Waals surface area (Å²) in [6.45, 7) is 0.271. The van der Waals surface area contributed by atoms with Crippen molar-refractivity contribution in [3.63, 3.8) is 0 Å². The molecular formula is C22H25IN2O3S. The fourth-order valence-electron chi connectivity index (χ4n) is 3.32. The average Bonchev–Trinajstić information content (AvgIpc) is 2.74. The van der Waals surface area contributed by atoms with Gasteiger partial charge in [-0.3, -0.25) is 9.10 Å². The number of hydrogen-bond donors (Lipinski definition) is 1. The van der Waals surface area contributed by atoms with E-state index in [0.29, 0.717) is 12.2 Å². The summed E-state index contributed by atoms with van der Waals surface area (Å²) >= 11 is 2.16. The summed E-state index contributed by atoms with van der Waals surface area (Å²) in [5.41, 5.74) is 1.85. The first kappa shape index (κ1) is 21.8. The molecule has 2 aromatic rings. The van der Waals surface area contributed by atoms with E-state index in [1.165, 1.54) is 22.7 Å². The predicted octanol–water partition coefficient (Wildman–Crippen LogP) is 4.49. The van der Waals surface area contributed by atoms with Crippen LogP contribution in [0.4, 0.5) is 5.69 Å². The Labute approximate surface area is 186 Å². The van der Waals surface area contributed by atoms with Crippen LogP contribution in [0.15, 0.2) is 71.1 Å². The lowest BCUT2D eigenvalue weighted by Crippen LogP contribution is -2.41. The number of amides is 1. The predicted molar refractivity (Wildman–Crippen MR) is 124 cm³/mol. The van der Waals surface area contributed by atoms with E-state index >= 15 is 0 Å². The molecule has 0 unspecified atom stereocenters. The number of allylic oxidation sites excluding steroid dienone is 1. The normalized spacial score (nSPS) is 14.2. The molecule has 29 heavy (non-hydrogen) atoms. The van der Waals surface area contributed by atoms with Crippen molar-refractivity contribution in [3.8, 4) is 0 Å². The van der Waals surface area contributed by atoms with Crippen molar-refractivity contribution in [2.45, 2.75) is 37.0 Å². The smallest absolute Gasteiger partial charge is 0.264 e. The molecule has 1 amide bonds. The van der Waals surface area contributed by atoms with Crippen LogP contribution in [0.5, 0.6) is 0 Å². The zero-order valence-electron chi connectivity index (χ0n) is 16.2. The highest BCUT2D eigenvalue weighted by Crippen LogP contribution is 2.24. The van der Waals surface area contributed by atoms with Gasteiger partial charge in [-0.2, -0.15) is 0 Å². The lowest BCUT2D eigenvalue weighted by molar-refractivity contribution is -0.119. The summed E-state index contributed by atoms with van der Waals surface area (Å²) in [4.78, 5) is 12.7. The van der Waals surface area contributed by atoms with Crippen LogP contribution in [-0.4, -0.2) is 27.4 Å². The van der Waals surface area contributed by atoms with Gasteiger partial charge in [-0.25, -0.2) is 8.42 Å². The molecule has 0 atom stereocenters. The largest absolute Gasteiger partial charge is 0.354 e. The quantitative estimate of drug-likeness (QED) is 0.409. The molecule has 2 aromatic carbocycles. The van der Waals surface area contributed by atoms with E-state index in [9.17, 15) is 13.2 Å². The Morgan fingerprint density at radius 2 is 1.76 bits per heavy atom. The first-order valence-electron chi connectivity index (χ1n) is 9.75. The Morgan fingerprint density at radius 3 is 2.41 bits per heavy atom. The van der Waals surface area contributed by atoms with E-state index in [-0.39, 0.29) is 17.3 Å². The van der Waals surface area contributed by atoms with Crippen molar-refractivity contribution in [2.75, 3.05) is 17.4 Å². The van der Waals surface area contributed by atoms with Crippen LogP contribution in [0, 0.1) is 3.57 Å². The van der Waals surface area contributed by atoms with Gasteiger partial charge in [-0.1, -0.05) is 29.8 Å². The third-order valence-corrected chi connectivity index (χ3v) is 7.39. The SMILES string of the molecule is O=C(CN(c1ccc(I)cc1)S(=O)(=O)c1ccccc1)NCCC1=CCCCC1. The Kier molecular flexibility index (Phi) is 7.71. The number of carbonyl (C=O) groups excluding carboxylic acids is 1. The van der Waals surface area contributed by atoms with Crippen LogP contribution in [0.3, 0.4) is 0 Å². The van der Waals surface area contributed by atoms with Crippen LogP contribution in [0.1, 0.15) is 32.1 Å². The second-order valence-electron chi connectivity index (χ2n) is 7.01. The molecule has 1 N–H and O–H groups in total. The van der Waals surface area contributed by atoms with E-state index in [1.807, 2.05) is 12.1 Å². The highest BCUT2D eigenvalue weighted by molar-refractivity contribution is 14.1. The van der Waals surface area contributed by atoms with Crippen LogP contribution < -0.4 is 9.62 Å². The number of halogens is 1. The van der Waals surface area contributed by atoms with Gasteiger partial charge in [-0.05, 0) is 91.1 Å². The first-order valence-corrected chi connectivity index (χ1v) is 12.3. The molecule has 0 radical (unpaired) electrons. The van der Waals surface area contributed by atoms with Crippen molar-refractivity contribution in [3.05, 3.63) is 69.8 Å². The maximum absolute atomic E-state index is 13.2. The van der Waals surface area contributed by atoms with Gasteiger partial charge in [0.25, 0.3) is 10.0 Å². The molecule has 5 nitrogen and oxygen atoms in total. The maximum Gasteiger partial charge on any atom is 0.264 e. The summed E-state index contributed by atoms with van der Waals surface area (Å²) < 4.78 is 28.6. The molecule has 0 saturated heterocycles. The van der Waals surface area contributed by atoms with Crippen molar-refractivity contribution in [2.24, 2.45) is 0 Å². The van der Waals surface area contributed by atoms with Gasteiger partial charge >= 0.3 is 0 Å². The van der Waals surface area contributed by atoms with Crippen molar-refractivity contribution >= 4 is 44.2 Å².